The Morgan fingerprint density at radius 2 is 1.97 bits per heavy atom. The zero-order valence-electron chi connectivity index (χ0n) is 16.2. The quantitative estimate of drug-likeness (QED) is 0.535. The van der Waals surface area contributed by atoms with Crippen LogP contribution in [0.1, 0.15) is 40.9 Å². The average molecular weight is 405 g/mol. The van der Waals surface area contributed by atoms with E-state index >= 15 is 0 Å². The van der Waals surface area contributed by atoms with Crippen molar-refractivity contribution in [2.24, 2.45) is 5.92 Å². The number of ketones is 1. The maximum Gasteiger partial charge on any atom is 0.175 e. The molecule has 3 aromatic rings. The fraction of sp³-hybridized carbons (Fsp3) is 0.292. The van der Waals surface area contributed by atoms with E-state index < -0.39 is 0 Å². The predicted octanol–water partition coefficient (Wildman–Crippen LogP) is 5.71. The van der Waals surface area contributed by atoms with E-state index in [1.165, 1.54) is 15.6 Å². The van der Waals surface area contributed by atoms with Gasteiger partial charge in [-0.3, -0.25) is 4.79 Å². The number of hydrogen-bond donors (Lipinski definition) is 2. The molecule has 148 valence electrons. The first kappa shape index (κ1) is 18.4. The van der Waals surface area contributed by atoms with Gasteiger partial charge >= 0.3 is 0 Å². The van der Waals surface area contributed by atoms with Crippen LogP contribution in [0.15, 0.2) is 61.0 Å². The van der Waals surface area contributed by atoms with E-state index in [9.17, 15) is 4.79 Å². The molecule has 0 atom stereocenters. The topological polar surface area (TPSA) is 50.4 Å². The third kappa shape index (κ3) is 3.93. The summed E-state index contributed by atoms with van der Waals surface area (Å²) >= 11 is 1.63. The Hall–Kier alpha value is -2.63. The fourth-order valence-electron chi connectivity index (χ4n) is 4.26. The number of carbonyl (C=O) groups is 1. The number of rotatable bonds is 5. The molecule has 0 unspecified atom stereocenters. The molecule has 0 spiro atoms. The summed E-state index contributed by atoms with van der Waals surface area (Å²) in [5.41, 5.74) is 2.24. The van der Waals surface area contributed by atoms with Gasteiger partial charge in [0.25, 0.3) is 0 Å². The van der Waals surface area contributed by atoms with Crippen LogP contribution in [-0.4, -0.2) is 11.8 Å². The summed E-state index contributed by atoms with van der Waals surface area (Å²) in [4.78, 5) is 13.9. The minimum absolute atomic E-state index is 0.165. The first-order valence-corrected chi connectivity index (χ1v) is 11.1. The zero-order chi connectivity index (χ0) is 19.6. The van der Waals surface area contributed by atoms with Gasteiger partial charge in [0.05, 0.1) is 10.6 Å². The number of carbonyl (C=O) groups excluding carboxylic acids is 1. The van der Waals surface area contributed by atoms with Crippen molar-refractivity contribution in [1.82, 2.24) is 5.32 Å². The Balaban J connectivity index is 1.15. The van der Waals surface area contributed by atoms with Gasteiger partial charge in [0.2, 0.25) is 0 Å². The molecule has 2 heterocycles. The Kier molecular flexibility index (Phi) is 5.08. The number of Topliss-reactive ketones (excluding diaryl/α,β-unsaturated/α-hetero) is 1. The SMILES string of the molecule is O=C(c1cc2ccccc2s1)C1CCC(NCc2ccc3c(c2)NC=CO3)CC1. The van der Waals surface area contributed by atoms with E-state index in [1.807, 2.05) is 18.2 Å². The van der Waals surface area contributed by atoms with Crippen molar-refractivity contribution in [3.63, 3.8) is 0 Å². The van der Waals surface area contributed by atoms with Crippen molar-refractivity contribution in [2.45, 2.75) is 38.3 Å². The van der Waals surface area contributed by atoms with Crippen molar-refractivity contribution < 1.29 is 9.53 Å². The van der Waals surface area contributed by atoms with Crippen LogP contribution in [0.2, 0.25) is 0 Å². The van der Waals surface area contributed by atoms with E-state index in [4.69, 9.17) is 4.74 Å². The van der Waals surface area contributed by atoms with Crippen LogP contribution >= 0.6 is 11.3 Å². The van der Waals surface area contributed by atoms with Gasteiger partial charge in [0, 0.05) is 29.4 Å². The van der Waals surface area contributed by atoms with Crippen molar-refractivity contribution in [3.05, 3.63) is 71.4 Å². The molecule has 0 saturated heterocycles. The molecule has 1 saturated carbocycles. The lowest BCUT2D eigenvalue weighted by atomic mass is 9.83. The lowest BCUT2D eigenvalue weighted by molar-refractivity contribution is 0.0883. The Morgan fingerprint density at radius 3 is 2.83 bits per heavy atom. The normalized spacial score (nSPS) is 20.7. The van der Waals surface area contributed by atoms with Crippen molar-refractivity contribution in [1.29, 1.82) is 0 Å². The van der Waals surface area contributed by atoms with Crippen LogP contribution in [0.3, 0.4) is 0 Å². The van der Waals surface area contributed by atoms with Crippen LogP contribution in [0, 0.1) is 5.92 Å². The summed E-state index contributed by atoms with van der Waals surface area (Å²) in [6.07, 6.45) is 7.49. The highest BCUT2D eigenvalue weighted by molar-refractivity contribution is 7.20. The second-order valence-electron chi connectivity index (χ2n) is 7.84. The van der Waals surface area contributed by atoms with Crippen LogP contribution in [-0.2, 0) is 6.54 Å². The molecule has 1 aromatic heterocycles. The number of fused-ring (bicyclic) bond motifs is 2. The van der Waals surface area contributed by atoms with Gasteiger partial charge < -0.3 is 15.4 Å². The molecule has 2 aliphatic rings. The predicted molar refractivity (Wildman–Crippen MR) is 119 cm³/mol. The third-order valence-corrected chi connectivity index (χ3v) is 7.04. The van der Waals surface area contributed by atoms with E-state index in [0.717, 1.165) is 48.5 Å². The Morgan fingerprint density at radius 1 is 1.10 bits per heavy atom. The van der Waals surface area contributed by atoms with Crippen LogP contribution in [0.4, 0.5) is 5.69 Å². The number of benzene rings is 2. The standard InChI is InChI=1S/C24H24N2O2S/c27-24(23-14-18-3-1-2-4-22(18)29-23)17-6-8-19(9-7-17)26-15-16-5-10-21-20(13-16)25-11-12-28-21/h1-5,10-14,17,19,25-26H,6-9,15H2. The molecule has 0 amide bonds. The average Bonchev–Trinajstić information content (AvgIpc) is 3.22. The van der Waals surface area contributed by atoms with Gasteiger partial charge in [-0.1, -0.05) is 24.3 Å². The van der Waals surface area contributed by atoms with Gasteiger partial charge in [-0.25, -0.2) is 0 Å². The monoisotopic (exact) mass is 404 g/mol. The molecule has 0 bridgehead atoms. The van der Waals surface area contributed by atoms with E-state index in [0.29, 0.717) is 11.8 Å². The summed E-state index contributed by atoms with van der Waals surface area (Å²) in [5, 5.41) is 8.06. The summed E-state index contributed by atoms with van der Waals surface area (Å²) in [6.45, 7) is 0.832. The first-order chi connectivity index (χ1) is 14.3. The van der Waals surface area contributed by atoms with Crippen molar-refractivity contribution in [2.75, 3.05) is 5.32 Å². The Labute approximate surface area is 174 Å². The highest BCUT2D eigenvalue weighted by atomic mass is 32.1. The fourth-order valence-corrected chi connectivity index (χ4v) is 5.34. The lowest BCUT2D eigenvalue weighted by Crippen LogP contribution is -2.34. The zero-order valence-corrected chi connectivity index (χ0v) is 17.0. The van der Waals surface area contributed by atoms with Crippen LogP contribution in [0.5, 0.6) is 5.75 Å². The summed E-state index contributed by atoms with van der Waals surface area (Å²) in [7, 11) is 0. The molecule has 2 aromatic carbocycles. The van der Waals surface area contributed by atoms with Gasteiger partial charge in [0.15, 0.2) is 5.78 Å². The molecular weight excluding hydrogens is 380 g/mol. The maximum absolute atomic E-state index is 13.0. The smallest absolute Gasteiger partial charge is 0.175 e. The molecule has 29 heavy (non-hydrogen) atoms. The van der Waals surface area contributed by atoms with E-state index in [2.05, 4.69) is 41.0 Å². The van der Waals surface area contributed by atoms with Crippen molar-refractivity contribution in [3.8, 4) is 5.75 Å². The lowest BCUT2D eigenvalue weighted by Gasteiger charge is -2.28. The largest absolute Gasteiger partial charge is 0.461 e. The highest BCUT2D eigenvalue weighted by Gasteiger charge is 2.27. The number of thiophene rings is 1. The summed E-state index contributed by atoms with van der Waals surface area (Å²) in [6, 6.07) is 17.0. The number of anilines is 1. The third-order valence-electron chi connectivity index (χ3n) is 5.91. The van der Waals surface area contributed by atoms with Crippen LogP contribution < -0.4 is 15.4 Å². The number of nitrogens with one attached hydrogen (secondary N) is 2. The number of ether oxygens (including phenoxy) is 1. The molecule has 1 aliphatic heterocycles. The van der Waals surface area contributed by atoms with Gasteiger partial charge in [0.1, 0.15) is 12.0 Å². The Bertz CT molecular complexity index is 1030. The van der Waals surface area contributed by atoms with E-state index in [1.54, 1.807) is 23.8 Å². The highest BCUT2D eigenvalue weighted by Crippen LogP contribution is 2.33. The van der Waals surface area contributed by atoms with Gasteiger partial charge in [-0.05, 0) is 60.9 Å². The molecule has 1 fully saturated rings. The molecule has 0 radical (unpaired) electrons. The van der Waals surface area contributed by atoms with Gasteiger partial charge in [-0.2, -0.15) is 0 Å². The number of hydrogen-bond acceptors (Lipinski definition) is 5. The minimum Gasteiger partial charge on any atom is -0.461 e. The van der Waals surface area contributed by atoms with Crippen molar-refractivity contribution >= 4 is 32.9 Å². The minimum atomic E-state index is 0.165. The van der Waals surface area contributed by atoms with Gasteiger partial charge in [-0.15, -0.1) is 11.3 Å². The summed E-state index contributed by atoms with van der Waals surface area (Å²) < 4.78 is 6.67. The molecular formula is C24H24N2O2S. The molecule has 5 heteroatoms. The molecule has 5 rings (SSSR count). The molecule has 1 aliphatic carbocycles. The molecule has 2 N–H and O–H groups in total. The maximum atomic E-state index is 13.0. The molecule has 4 nitrogen and oxygen atoms in total. The summed E-state index contributed by atoms with van der Waals surface area (Å²) in [5.74, 6) is 1.35. The second kappa shape index (κ2) is 8.01. The first-order valence-electron chi connectivity index (χ1n) is 10.2. The van der Waals surface area contributed by atoms with E-state index in [-0.39, 0.29) is 5.92 Å². The van der Waals surface area contributed by atoms with Crippen LogP contribution in [0.25, 0.3) is 10.1 Å². The second-order valence-corrected chi connectivity index (χ2v) is 8.92.